The highest BCUT2D eigenvalue weighted by Gasteiger charge is 2.76. The molecule has 1 spiro atoms. The van der Waals surface area contributed by atoms with Gasteiger partial charge in [-0.2, -0.15) is 0 Å². The second-order valence-corrected chi connectivity index (χ2v) is 8.65. The van der Waals surface area contributed by atoms with Gasteiger partial charge in [0, 0.05) is 35.9 Å². The molecule has 2 aliphatic carbocycles. The minimum absolute atomic E-state index is 0.0306. The molecular weight excluding hydrogens is 328 g/mol. The van der Waals surface area contributed by atoms with Crippen LogP contribution in [0.5, 0.6) is 0 Å². The average molecular weight is 352 g/mol. The number of para-hydroxylation sites is 1. The van der Waals surface area contributed by atoms with E-state index in [1.54, 1.807) is 0 Å². The number of carbonyl (C=O) groups excluding carboxylic acids is 1. The van der Waals surface area contributed by atoms with Crippen LogP contribution < -0.4 is 5.32 Å². The third kappa shape index (κ3) is 1.37. The molecule has 3 aliphatic heterocycles. The lowest BCUT2D eigenvalue weighted by atomic mass is 9.62. The quantitative estimate of drug-likeness (QED) is 0.798. The summed E-state index contributed by atoms with van der Waals surface area (Å²) in [5, 5.41) is 15.0. The van der Waals surface area contributed by atoms with Gasteiger partial charge < -0.3 is 15.2 Å². The first kappa shape index (κ1) is 15.2. The molecule has 1 aromatic rings. The van der Waals surface area contributed by atoms with Crippen LogP contribution in [0.1, 0.15) is 31.7 Å². The van der Waals surface area contributed by atoms with E-state index in [1.165, 1.54) is 12.7 Å². The highest BCUT2D eigenvalue weighted by molar-refractivity contribution is 5.94. The molecule has 3 heterocycles. The fourth-order valence-corrected chi connectivity index (χ4v) is 7.32. The van der Waals surface area contributed by atoms with Crippen LogP contribution >= 0.6 is 0 Å². The molecule has 2 N–H and O–H groups in total. The van der Waals surface area contributed by atoms with Gasteiger partial charge in [0.15, 0.2) is 0 Å². The van der Waals surface area contributed by atoms with E-state index in [-0.39, 0.29) is 23.3 Å². The summed E-state index contributed by atoms with van der Waals surface area (Å²) >= 11 is 0. The van der Waals surface area contributed by atoms with Crippen molar-refractivity contribution in [1.82, 2.24) is 4.90 Å². The Kier molecular flexibility index (Phi) is 2.65. The molecule has 6 rings (SSSR count). The number of benzene rings is 1. The molecule has 4 bridgehead atoms. The molecular formula is C21H24N2O3. The van der Waals surface area contributed by atoms with Gasteiger partial charge in [0.05, 0.1) is 23.7 Å². The Bertz CT molecular complexity index is 880. The number of nitrogens with zero attached hydrogens (tertiary/aromatic N) is 1. The Morgan fingerprint density at radius 3 is 2.96 bits per heavy atom. The average Bonchev–Trinajstić information content (AvgIpc) is 3.34. The number of hydrogen-bond donors (Lipinski definition) is 2. The summed E-state index contributed by atoms with van der Waals surface area (Å²) in [5.41, 5.74) is 3.44. The highest BCUT2D eigenvalue weighted by atomic mass is 16.5. The van der Waals surface area contributed by atoms with Gasteiger partial charge in [-0.25, -0.2) is 4.79 Å². The number of anilines is 1. The van der Waals surface area contributed by atoms with Crippen LogP contribution in [0.2, 0.25) is 0 Å². The Morgan fingerprint density at radius 1 is 1.38 bits per heavy atom. The minimum Gasteiger partial charge on any atom is -0.466 e. The van der Waals surface area contributed by atoms with Crippen molar-refractivity contribution in [2.24, 2.45) is 11.8 Å². The standard InChI is InChI=1S/C21H24N2O3/c1-3-20(25)10-11-14-15(19(24)26-2)16-21(8-9-23(17(11)21)18(14)20)12-6-4-5-7-13(12)22-16/h4-7,11,14,17-18,22,25H,3,8-10H2,1-2H3/t11-,14+,17-,18+,20-,21-/m1/s1. The third-order valence-corrected chi connectivity index (χ3v) is 8.06. The summed E-state index contributed by atoms with van der Waals surface area (Å²) < 4.78 is 5.24. The first-order valence-electron chi connectivity index (χ1n) is 9.74. The topological polar surface area (TPSA) is 61.8 Å². The predicted molar refractivity (Wildman–Crippen MR) is 96.5 cm³/mol. The largest absolute Gasteiger partial charge is 0.466 e. The molecule has 5 nitrogen and oxygen atoms in total. The lowest BCUT2D eigenvalue weighted by Gasteiger charge is -2.45. The number of hydrogen-bond acceptors (Lipinski definition) is 5. The van der Waals surface area contributed by atoms with Crippen molar-refractivity contribution in [3.05, 3.63) is 41.1 Å². The minimum atomic E-state index is -0.699. The molecule has 1 aromatic carbocycles. The van der Waals surface area contributed by atoms with Gasteiger partial charge in [-0.05, 0) is 36.8 Å². The molecule has 2 saturated heterocycles. The monoisotopic (exact) mass is 352 g/mol. The number of esters is 1. The van der Waals surface area contributed by atoms with Gasteiger partial charge in [0.2, 0.25) is 0 Å². The molecule has 5 aliphatic rings. The smallest absolute Gasteiger partial charge is 0.335 e. The molecule has 0 unspecified atom stereocenters. The fourth-order valence-electron chi connectivity index (χ4n) is 7.32. The number of aliphatic hydroxyl groups is 1. The number of piperidine rings is 1. The van der Waals surface area contributed by atoms with Gasteiger partial charge in [0.25, 0.3) is 0 Å². The fraction of sp³-hybridized carbons (Fsp3) is 0.571. The number of carbonyl (C=O) groups is 1. The molecule has 0 radical (unpaired) electrons. The zero-order chi connectivity index (χ0) is 17.8. The number of fused-ring (bicyclic) bond motifs is 2. The summed E-state index contributed by atoms with van der Waals surface area (Å²) in [5.74, 6) is 0.160. The van der Waals surface area contributed by atoms with E-state index in [0.29, 0.717) is 12.0 Å². The van der Waals surface area contributed by atoms with E-state index in [0.717, 1.165) is 42.8 Å². The van der Waals surface area contributed by atoms with Crippen molar-refractivity contribution in [2.45, 2.75) is 49.3 Å². The van der Waals surface area contributed by atoms with Crippen LogP contribution in [-0.2, 0) is 14.9 Å². The van der Waals surface area contributed by atoms with E-state index in [4.69, 9.17) is 4.74 Å². The van der Waals surface area contributed by atoms with Crippen LogP contribution in [0.15, 0.2) is 35.5 Å². The normalized spacial score (nSPS) is 44.1. The van der Waals surface area contributed by atoms with Gasteiger partial charge >= 0.3 is 5.97 Å². The second kappa shape index (κ2) is 4.52. The van der Waals surface area contributed by atoms with E-state index in [2.05, 4.69) is 35.3 Å². The molecule has 5 heteroatoms. The molecule has 6 atom stereocenters. The van der Waals surface area contributed by atoms with Gasteiger partial charge in [-0.3, -0.25) is 4.90 Å². The van der Waals surface area contributed by atoms with Crippen molar-refractivity contribution in [2.75, 3.05) is 19.0 Å². The Hall–Kier alpha value is -1.85. The lowest BCUT2D eigenvalue weighted by Crippen LogP contribution is -2.55. The van der Waals surface area contributed by atoms with Crippen molar-refractivity contribution < 1.29 is 14.6 Å². The summed E-state index contributed by atoms with van der Waals surface area (Å²) in [4.78, 5) is 15.4. The molecule has 26 heavy (non-hydrogen) atoms. The zero-order valence-corrected chi connectivity index (χ0v) is 15.2. The number of ether oxygens (including phenoxy) is 1. The molecule has 0 aromatic heterocycles. The van der Waals surface area contributed by atoms with Crippen LogP contribution in [0.3, 0.4) is 0 Å². The van der Waals surface area contributed by atoms with E-state index >= 15 is 0 Å². The number of methoxy groups -OCH3 is 1. The van der Waals surface area contributed by atoms with Gasteiger partial charge in [0.1, 0.15) is 0 Å². The van der Waals surface area contributed by atoms with Crippen molar-refractivity contribution in [1.29, 1.82) is 0 Å². The zero-order valence-electron chi connectivity index (χ0n) is 15.2. The Morgan fingerprint density at radius 2 is 2.19 bits per heavy atom. The lowest BCUT2D eigenvalue weighted by molar-refractivity contribution is -0.137. The number of rotatable bonds is 2. The summed E-state index contributed by atoms with van der Waals surface area (Å²) in [6, 6.07) is 8.88. The maximum atomic E-state index is 12.9. The first-order valence-corrected chi connectivity index (χ1v) is 9.74. The second-order valence-electron chi connectivity index (χ2n) is 8.65. The molecule has 1 saturated carbocycles. The van der Waals surface area contributed by atoms with Gasteiger partial charge in [-0.15, -0.1) is 0 Å². The Labute approximate surface area is 153 Å². The van der Waals surface area contributed by atoms with Gasteiger partial charge in [-0.1, -0.05) is 25.1 Å². The SMILES string of the molecule is CC[C@@]1(O)C[C@@H]2[C@H]3C(C(=O)OC)=C4Nc5ccccc5[C@]45CCN([C@@H]31)[C@H]25. The molecule has 3 fully saturated rings. The first-order chi connectivity index (χ1) is 12.6. The van der Waals surface area contributed by atoms with Crippen molar-refractivity contribution in [3.8, 4) is 0 Å². The van der Waals surface area contributed by atoms with Crippen LogP contribution in [0.25, 0.3) is 0 Å². The van der Waals surface area contributed by atoms with E-state index in [9.17, 15) is 9.90 Å². The van der Waals surface area contributed by atoms with Crippen molar-refractivity contribution >= 4 is 11.7 Å². The van der Waals surface area contributed by atoms with Crippen molar-refractivity contribution in [3.63, 3.8) is 0 Å². The predicted octanol–water partition coefficient (Wildman–Crippen LogP) is 2.02. The maximum Gasteiger partial charge on any atom is 0.335 e. The summed E-state index contributed by atoms with van der Waals surface area (Å²) in [7, 11) is 1.47. The molecule has 136 valence electrons. The van der Waals surface area contributed by atoms with E-state index < -0.39 is 5.60 Å². The Balaban J connectivity index is 1.65. The van der Waals surface area contributed by atoms with Crippen LogP contribution in [0, 0.1) is 11.8 Å². The summed E-state index contributed by atoms with van der Waals surface area (Å²) in [6.45, 7) is 3.05. The third-order valence-electron chi connectivity index (χ3n) is 8.06. The number of nitrogens with one attached hydrogen (secondary N) is 1. The highest BCUT2D eigenvalue weighted by Crippen LogP contribution is 2.70. The summed E-state index contributed by atoms with van der Waals surface area (Å²) in [6.07, 6.45) is 2.52. The van der Waals surface area contributed by atoms with Crippen LogP contribution in [0.4, 0.5) is 5.69 Å². The maximum absolute atomic E-state index is 12.9. The van der Waals surface area contributed by atoms with E-state index in [1.807, 2.05) is 6.07 Å². The van der Waals surface area contributed by atoms with Crippen LogP contribution in [-0.4, -0.2) is 47.3 Å². The molecule has 0 amide bonds.